The van der Waals surface area contributed by atoms with E-state index in [4.69, 9.17) is 4.74 Å². The number of carbonyl (C=O) groups is 4. The van der Waals surface area contributed by atoms with Gasteiger partial charge in [-0.15, -0.1) is 23.1 Å². The Morgan fingerprint density at radius 3 is 2.22 bits per heavy atom. The van der Waals surface area contributed by atoms with Crippen molar-refractivity contribution < 1.29 is 23.9 Å². The highest BCUT2D eigenvalue weighted by atomic mass is 32.2. The Bertz CT molecular complexity index is 1990. The maximum absolute atomic E-state index is 13.6. The molecule has 3 N–H and O–H groups in total. The molecule has 0 spiro atoms. The highest BCUT2D eigenvalue weighted by Gasteiger charge is 2.26. The van der Waals surface area contributed by atoms with E-state index in [0.29, 0.717) is 33.8 Å². The average Bonchev–Trinajstić information content (AvgIpc) is 3.55. The maximum atomic E-state index is 13.6. The zero-order valence-corrected chi connectivity index (χ0v) is 29.5. The number of rotatable bonds is 13. The Hall–Kier alpha value is -5.45. The highest BCUT2D eigenvalue weighted by molar-refractivity contribution is 8.00. The second-order valence-electron chi connectivity index (χ2n) is 11.2. The lowest BCUT2D eigenvalue weighted by Gasteiger charge is -2.16. The Labute approximate surface area is 300 Å². The summed E-state index contributed by atoms with van der Waals surface area (Å²) in [5.41, 5.74) is 4.70. The van der Waals surface area contributed by atoms with Crippen molar-refractivity contribution in [1.82, 2.24) is 5.32 Å². The van der Waals surface area contributed by atoms with Crippen molar-refractivity contribution in [3.05, 3.63) is 143 Å². The Kier molecular flexibility index (Phi) is 12.4. The van der Waals surface area contributed by atoms with E-state index in [2.05, 4.69) is 16.0 Å². The lowest BCUT2D eigenvalue weighted by Crippen LogP contribution is -2.30. The van der Waals surface area contributed by atoms with E-state index in [-0.39, 0.29) is 18.2 Å². The molecule has 0 saturated heterocycles. The number of hydrogen-bond donors (Lipinski definition) is 3. The van der Waals surface area contributed by atoms with Crippen molar-refractivity contribution in [3.8, 4) is 11.1 Å². The molecule has 1 heterocycles. The van der Waals surface area contributed by atoms with Gasteiger partial charge >= 0.3 is 5.97 Å². The number of carbonyl (C=O) groups excluding carboxylic acids is 4. The van der Waals surface area contributed by atoms with E-state index in [1.54, 1.807) is 55.5 Å². The van der Waals surface area contributed by atoms with Gasteiger partial charge in [-0.05, 0) is 67.8 Å². The predicted molar refractivity (Wildman–Crippen MR) is 202 cm³/mol. The summed E-state index contributed by atoms with van der Waals surface area (Å²) in [6.45, 7) is 5.84. The van der Waals surface area contributed by atoms with Crippen molar-refractivity contribution in [2.75, 3.05) is 17.2 Å². The third kappa shape index (κ3) is 9.37. The van der Waals surface area contributed by atoms with Crippen LogP contribution in [-0.4, -0.2) is 35.5 Å². The maximum Gasteiger partial charge on any atom is 0.341 e. The molecule has 0 aliphatic heterocycles. The number of anilines is 2. The smallest absolute Gasteiger partial charge is 0.341 e. The molecule has 5 rings (SSSR count). The molecule has 50 heavy (non-hydrogen) atoms. The monoisotopic (exact) mass is 703 g/mol. The number of hydrogen-bond acceptors (Lipinski definition) is 7. The van der Waals surface area contributed by atoms with Gasteiger partial charge in [-0.2, -0.15) is 0 Å². The third-order valence-electron chi connectivity index (χ3n) is 7.54. The summed E-state index contributed by atoms with van der Waals surface area (Å²) in [4.78, 5) is 54.0. The zero-order valence-electron chi connectivity index (χ0n) is 27.9. The second-order valence-corrected chi connectivity index (χ2v) is 13.4. The quantitative estimate of drug-likeness (QED) is 0.0642. The van der Waals surface area contributed by atoms with Crippen LogP contribution >= 0.6 is 23.1 Å². The molecule has 0 fully saturated rings. The van der Waals surface area contributed by atoms with Gasteiger partial charge in [0.15, 0.2) is 0 Å². The molecular formula is C40H37N3O5S2. The van der Waals surface area contributed by atoms with Crippen LogP contribution in [0.15, 0.2) is 125 Å². The molecule has 4 aromatic carbocycles. The number of amides is 3. The Balaban J connectivity index is 1.32. The fourth-order valence-corrected chi connectivity index (χ4v) is 6.96. The Morgan fingerprint density at radius 2 is 1.54 bits per heavy atom. The van der Waals surface area contributed by atoms with E-state index >= 15 is 0 Å². The fourth-order valence-electron chi connectivity index (χ4n) is 4.98. The largest absolute Gasteiger partial charge is 0.462 e. The van der Waals surface area contributed by atoms with Gasteiger partial charge in [0.2, 0.25) is 5.91 Å². The molecule has 0 saturated carbocycles. The normalized spacial score (nSPS) is 11.7. The van der Waals surface area contributed by atoms with Gasteiger partial charge in [0, 0.05) is 27.1 Å². The van der Waals surface area contributed by atoms with Crippen LogP contribution in [0.2, 0.25) is 0 Å². The first kappa shape index (κ1) is 35.8. The molecule has 0 aliphatic carbocycles. The standard InChI is InChI=1S/C40H37N3O5S2/c1-4-34(38(46)43-39-35(40(47)48-5-2)32(25-49-39)28-13-8-6-9-14-28)50-31-18-12-17-30(24-31)41-37(45)33(23-27-21-19-26(3)20-22-27)42-36(44)29-15-10-7-11-16-29/h6-25,34H,4-5H2,1-3H3,(H,41,45)(H,42,44)(H,43,46)/b33-23+. The van der Waals surface area contributed by atoms with Gasteiger partial charge in [0.25, 0.3) is 11.8 Å². The van der Waals surface area contributed by atoms with Crippen LogP contribution < -0.4 is 16.0 Å². The molecule has 0 bridgehead atoms. The molecule has 8 nitrogen and oxygen atoms in total. The van der Waals surface area contributed by atoms with Gasteiger partial charge < -0.3 is 20.7 Å². The zero-order chi connectivity index (χ0) is 35.5. The van der Waals surface area contributed by atoms with E-state index in [1.165, 1.54) is 23.1 Å². The van der Waals surface area contributed by atoms with E-state index in [0.717, 1.165) is 21.6 Å². The van der Waals surface area contributed by atoms with Crippen molar-refractivity contribution in [1.29, 1.82) is 0 Å². The minimum Gasteiger partial charge on any atom is -0.462 e. The summed E-state index contributed by atoms with van der Waals surface area (Å²) in [6, 6.07) is 33.0. The van der Waals surface area contributed by atoms with Gasteiger partial charge in [0.05, 0.1) is 11.9 Å². The number of esters is 1. The summed E-state index contributed by atoms with van der Waals surface area (Å²) >= 11 is 2.62. The molecular weight excluding hydrogens is 667 g/mol. The molecule has 1 unspecified atom stereocenters. The number of aryl methyl sites for hydroxylation is 1. The van der Waals surface area contributed by atoms with Gasteiger partial charge in [-0.1, -0.05) is 91.3 Å². The molecule has 0 aliphatic rings. The number of ether oxygens (including phenoxy) is 1. The van der Waals surface area contributed by atoms with Crippen LogP contribution in [0.1, 0.15) is 52.1 Å². The lowest BCUT2D eigenvalue weighted by molar-refractivity contribution is -0.116. The third-order valence-corrected chi connectivity index (χ3v) is 9.80. The van der Waals surface area contributed by atoms with Crippen molar-refractivity contribution in [2.45, 2.75) is 37.3 Å². The number of nitrogens with one attached hydrogen (secondary N) is 3. The number of benzene rings is 4. The minimum atomic E-state index is -0.500. The topological polar surface area (TPSA) is 114 Å². The van der Waals surface area contributed by atoms with Gasteiger partial charge in [-0.25, -0.2) is 4.79 Å². The Morgan fingerprint density at radius 1 is 0.840 bits per heavy atom. The van der Waals surface area contributed by atoms with Crippen molar-refractivity contribution in [2.24, 2.45) is 0 Å². The van der Waals surface area contributed by atoms with Gasteiger partial charge in [0.1, 0.15) is 16.3 Å². The molecule has 3 amide bonds. The molecule has 1 atom stereocenters. The predicted octanol–water partition coefficient (Wildman–Crippen LogP) is 8.82. The first-order chi connectivity index (χ1) is 24.2. The molecule has 10 heteroatoms. The van der Waals surface area contributed by atoms with Crippen molar-refractivity contribution >= 4 is 63.6 Å². The van der Waals surface area contributed by atoms with Crippen LogP contribution in [-0.2, 0) is 14.3 Å². The summed E-state index contributed by atoms with van der Waals surface area (Å²) in [6.07, 6.45) is 2.14. The fraction of sp³-hybridized carbons (Fsp3) is 0.150. The molecule has 1 aromatic heterocycles. The first-order valence-electron chi connectivity index (χ1n) is 16.1. The number of thioether (sulfide) groups is 1. The second kappa shape index (κ2) is 17.3. The summed E-state index contributed by atoms with van der Waals surface area (Å²) in [5.74, 6) is -1.66. The summed E-state index contributed by atoms with van der Waals surface area (Å²) < 4.78 is 5.35. The van der Waals surface area contributed by atoms with Crippen LogP contribution in [0.5, 0.6) is 0 Å². The summed E-state index contributed by atoms with van der Waals surface area (Å²) in [5, 5.41) is 10.4. The van der Waals surface area contributed by atoms with Gasteiger partial charge in [-0.3, -0.25) is 14.4 Å². The first-order valence-corrected chi connectivity index (χ1v) is 17.9. The van der Waals surface area contributed by atoms with Crippen LogP contribution in [0.3, 0.4) is 0 Å². The average molecular weight is 704 g/mol. The number of thiophene rings is 1. The SMILES string of the molecule is CCOC(=O)c1c(-c2ccccc2)csc1NC(=O)C(CC)Sc1cccc(NC(=O)/C(=C\c2ccc(C)cc2)NC(=O)c2ccccc2)c1. The van der Waals surface area contributed by atoms with E-state index < -0.39 is 23.0 Å². The molecule has 0 radical (unpaired) electrons. The van der Waals surface area contributed by atoms with Crippen LogP contribution in [0.25, 0.3) is 17.2 Å². The van der Waals surface area contributed by atoms with E-state index in [9.17, 15) is 19.2 Å². The highest BCUT2D eigenvalue weighted by Crippen LogP contribution is 2.37. The lowest BCUT2D eigenvalue weighted by atomic mass is 10.0. The van der Waals surface area contributed by atoms with E-state index in [1.807, 2.05) is 86.0 Å². The van der Waals surface area contributed by atoms with Crippen LogP contribution in [0, 0.1) is 6.92 Å². The van der Waals surface area contributed by atoms with Crippen LogP contribution in [0.4, 0.5) is 10.7 Å². The minimum absolute atomic E-state index is 0.0785. The van der Waals surface area contributed by atoms with Crippen molar-refractivity contribution in [3.63, 3.8) is 0 Å². The molecule has 5 aromatic rings. The molecule has 254 valence electrons. The summed E-state index contributed by atoms with van der Waals surface area (Å²) in [7, 11) is 0.